The SMILES string of the molecule is CCCOc1cccc(N(C)C)c1. The van der Waals surface area contributed by atoms with Crippen molar-refractivity contribution in [1.82, 2.24) is 0 Å². The summed E-state index contributed by atoms with van der Waals surface area (Å²) in [5, 5.41) is 0. The van der Waals surface area contributed by atoms with Crippen LogP contribution in [0.5, 0.6) is 5.75 Å². The molecule has 13 heavy (non-hydrogen) atoms. The molecule has 0 amide bonds. The highest BCUT2D eigenvalue weighted by atomic mass is 16.5. The summed E-state index contributed by atoms with van der Waals surface area (Å²) < 4.78 is 5.52. The van der Waals surface area contributed by atoms with E-state index < -0.39 is 0 Å². The first-order valence-electron chi connectivity index (χ1n) is 4.64. The monoisotopic (exact) mass is 179 g/mol. The van der Waals surface area contributed by atoms with Crippen LogP contribution >= 0.6 is 0 Å². The third-order valence-electron chi connectivity index (χ3n) is 1.81. The van der Waals surface area contributed by atoms with Gasteiger partial charge in [-0.3, -0.25) is 0 Å². The molecule has 0 fully saturated rings. The fraction of sp³-hybridized carbons (Fsp3) is 0.455. The summed E-state index contributed by atoms with van der Waals surface area (Å²) in [7, 11) is 4.05. The van der Waals surface area contributed by atoms with E-state index in [1.807, 2.05) is 26.2 Å². The average Bonchev–Trinajstić information content (AvgIpc) is 2.15. The summed E-state index contributed by atoms with van der Waals surface area (Å²) in [4.78, 5) is 2.07. The van der Waals surface area contributed by atoms with Crippen LogP contribution in [0.2, 0.25) is 0 Å². The maximum Gasteiger partial charge on any atom is 0.121 e. The van der Waals surface area contributed by atoms with E-state index in [2.05, 4.69) is 24.0 Å². The second-order valence-corrected chi connectivity index (χ2v) is 3.24. The Labute approximate surface area is 80.1 Å². The van der Waals surface area contributed by atoms with Gasteiger partial charge in [0.1, 0.15) is 5.75 Å². The van der Waals surface area contributed by atoms with Gasteiger partial charge >= 0.3 is 0 Å². The topological polar surface area (TPSA) is 12.5 Å². The fourth-order valence-electron chi connectivity index (χ4n) is 1.07. The second kappa shape index (κ2) is 4.75. The van der Waals surface area contributed by atoms with Crippen LogP contribution in [-0.4, -0.2) is 20.7 Å². The van der Waals surface area contributed by atoms with Crippen molar-refractivity contribution < 1.29 is 4.74 Å². The van der Waals surface area contributed by atoms with Crippen LogP contribution in [0.25, 0.3) is 0 Å². The van der Waals surface area contributed by atoms with E-state index in [4.69, 9.17) is 4.74 Å². The first-order chi connectivity index (χ1) is 6.24. The molecule has 0 saturated carbocycles. The molecule has 0 heterocycles. The van der Waals surface area contributed by atoms with Gasteiger partial charge in [-0.2, -0.15) is 0 Å². The van der Waals surface area contributed by atoms with Crippen molar-refractivity contribution in [2.24, 2.45) is 0 Å². The van der Waals surface area contributed by atoms with Gasteiger partial charge in [0.25, 0.3) is 0 Å². The molecule has 1 aromatic carbocycles. The Hall–Kier alpha value is -1.18. The standard InChI is InChI=1S/C11H17NO/c1-4-8-13-11-7-5-6-10(9-11)12(2)3/h5-7,9H,4,8H2,1-3H3. The molecule has 1 aromatic rings. The molecule has 2 heteroatoms. The Bertz CT molecular complexity index is 258. The molecule has 0 unspecified atom stereocenters. The van der Waals surface area contributed by atoms with Crippen LogP contribution in [0.4, 0.5) is 5.69 Å². The minimum atomic E-state index is 0.789. The van der Waals surface area contributed by atoms with Crippen molar-refractivity contribution in [3.63, 3.8) is 0 Å². The van der Waals surface area contributed by atoms with Crippen LogP contribution in [0.1, 0.15) is 13.3 Å². The molecular formula is C11H17NO. The molecule has 0 aliphatic heterocycles. The number of hydrogen-bond acceptors (Lipinski definition) is 2. The zero-order valence-electron chi connectivity index (χ0n) is 8.58. The number of rotatable bonds is 4. The van der Waals surface area contributed by atoms with Crippen molar-refractivity contribution in [3.8, 4) is 5.75 Å². The number of hydrogen-bond donors (Lipinski definition) is 0. The van der Waals surface area contributed by atoms with Crippen molar-refractivity contribution >= 4 is 5.69 Å². The van der Waals surface area contributed by atoms with Crippen LogP contribution in [-0.2, 0) is 0 Å². The second-order valence-electron chi connectivity index (χ2n) is 3.24. The zero-order chi connectivity index (χ0) is 9.68. The Morgan fingerprint density at radius 3 is 2.69 bits per heavy atom. The minimum Gasteiger partial charge on any atom is -0.494 e. The molecule has 0 saturated heterocycles. The molecule has 1 rings (SSSR count). The van der Waals surface area contributed by atoms with E-state index in [0.29, 0.717) is 0 Å². The van der Waals surface area contributed by atoms with Crippen molar-refractivity contribution in [2.75, 3.05) is 25.6 Å². The van der Waals surface area contributed by atoms with E-state index in [1.165, 1.54) is 5.69 Å². The lowest BCUT2D eigenvalue weighted by molar-refractivity contribution is 0.317. The van der Waals surface area contributed by atoms with E-state index in [0.717, 1.165) is 18.8 Å². The third-order valence-corrected chi connectivity index (χ3v) is 1.81. The summed E-state index contributed by atoms with van der Waals surface area (Å²) in [6.07, 6.45) is 1.05. The summed E-state index contributed by atoms with van der Waals surface area (Å²) >= 11 is 0. The predicted octanol–water partition coefficient (Wildman–Crippen LogP) is 2.54. The largest absolute Gasteiger partial charge is 0.494 e. The molecule has 2 nitrogen and oxygen atoms in total. The number of benzene rings is 1. The molecule has 0 aliphatic rings. The van der Waals surface area contributed by atoms with Crippen LogP contribution in [0, 0.1) is 0 Å². The zero-order valence-corrected chi connectivity index (χ0v) is 8.58. The van der Waals surface area contributed by atoms with Crippen molar-refractivity contribution in [2.45, 2.75) is 13.3 Å². The molecule has 0 aromatic heterocycles. The summed E-state index contributed by atoms with van der Waals surface area (Å²) in [6, 6.07) is 8.12. The molecule has 0 bridgehead atoms. The van der Waals surface area contributed by atoms with Gasteiger partial charge in [0.2, 0.25) is 0 Å². The predicted molar refractivity (Wildman–Crippen MR) is 56.6 cm³/mol. The fourth-order valence-corrected chi connectivity index (χ4v) is 1.07. The Kier molecular flexibility index (Phi) is 3.62. The molecule has 0 N–H and O–H groups in total. The highest BCUT2D eigenvalue weighted by molar-refractivity contribution is 5.49. The lowest BCUT2D eigenvalue weighted by Crippen LogP contribution is -2.08. The molecular weight excluding hydrogens is 162 g/mol. The Balaban J connectivity index is 2.68. The number of anilines is 1. The lowest BCUT2D eigenvalue weighted by Gasteiger charge is -2.13. The van der Waals surface area contributed by atoms with E-state index >= 15 is 0 Å². The molecule has 0 aliphatic carbocycles. The Morgan fingerprint density at radius 1 is 1.31 bits per heavy atom. The van der Waals surface area contributed by atoms with Crippen LogP contribution in [0.3, 0.4) is 0 Å². The average molecular weight is 179 g/mol. The van der Waals surface area contributed by atoms with E-state index in [9.17, 15) is 0 Å². The quantitative estimate of drug-likeness (QED) is 0.704. The summed E-state index contributed by atoms with van der Waals surface area (Å²) in [6.45, 7) is 2.90. The highest BCUT2D eigenvalue weighted by Gasteiger charge is 1.97. The first kappa shape index (κ1) is 9.90. The van der Waals surface area contributed by atoms with Crippen molar-refractivity contribution in [3.05, 3.63) is 24.3 Å². The van der Waals surface area contributed by atoms with Gasteiger partial charge in [0, 0.05) is 25.8 Å². The van der Waals surface area contributed by atoms with Crippen molar-refractivity contribution in [1.29, 1.82) is 0 Å². The molecule has 72 valence electrons. The van der Waals surface area contributed by atoms with Gasteiger partial charge in [0.15, 0.2) is 0 Å². The lowest BCUT2D eigenvalue weighted by atomic mass is 10.3. The van der Waals surface area contributed by atoms with Crippen LogP contribution < -0.4 is 9.64 Å². The molecule has 0 radical (unpaired) electrons. The van der Waals surface area contributed by atoms with Gasteiger partial charge in [-0.1, -0.05) is 13.0 Å². The summed E-state index contributed by atoms with van der Waals surface area (Å²) in [5.41, 5.74) is 1.17. The number of nitrogens with zero attached hydrogens (tertiary/aromatic N) is 1. The van der Waals surface area contributed by atoms with Gasteiger partial charge in [0.05, 0.1) is 6.61 Å². The van der Waals surface area contributed by atoms with Gasteiger partial charge < -0.3 is 9.64 Å². The van der Waals surface area contributed by atoms with Crippen LogP contribution in [0.15, 0.2) is 24.3 Å². The molecule has 0 atom stereocenters. The van der Waals surface area contributed by atoms with Gasteiger partial charge in [-0.15, -0.1) is 0 Å². The smallest absolute Gasteiger partial charge is 0.121 e. The normalized spacial score (nSPS) is 9.77. The maximum atomic E-state index is 5.52. The van der Waals surface area contributed by atoms with Gasteiger partial charge in [-0.25, -0.2) is 0 Å². The maximum absolute atomic E-state index is 5.52. The Morgan fingerprint density at radius 2 is 2.08 bits per heavy atom. The molecule has 0 spiro atoms. The highest BCUT2D eigenvalue weighted by Crippen LogP contribution is 2.19. The third kappa shape index (κ3) is 2.98. The summed E-state index contributed by atoms with van der Waals surface area (Å²) in [5.74, 6) is 0.952. The van der Waals surface area contributed by atoms with Gasteiger partial charge in [-0.05, 0) is 18.6 Å². The minimum absolute atomic E-state index is 0.789. The van der Waals surface area contributed by atoms with E-state index in [-0.39, 0.29) is 0 Å². The first-order valence-corrected chi connectivity index (χ1v) is 4.64. The number of ether oxygens (including phenoxy) is 1. The van der Waals surface area contributed by atoms with E-state index in [1.54, 1.807) is 0 Å².